The predicted octanol–water partition coefficient (Wildman–Crippen LogP) is 1.96. The number of ether oxygens (including phenoxy) is 1. The van der Waals surface area contributed by atoms with Crippen LogP contribution in [-0.4, -0.2) is 32.3 Å². The quantitative estimate of drug-likeness (QED) is 0.913. The van der Waals surface area contributed by atoms with Crippen molar-refractivity contribution in [1.29, 1.82) is 0 Å². The van der Waals surface area contributed by atoms with Gasteiger partial charge in [0.15, 0.2) is 12.4 Å². The first-order valence-corrected chi connectivity index (χ1v) is 7.02. The summed E-state index contributed by atoms with van der Waals surface area (Å²) >= 11 is 6.18. The van der Waals surface area contributed by atoms with Gasteiger partial charge >= 0.3 is 6.09 Å². The van der Waals surface area contributed by atoms with Crippen molar-refractivity contribution in [3.63, 3.8) is 0 Å². The number of rotatable bonds is 5. The number of carbonyl (C=O) groups is 1. The minimum absolute atomic E-state index is 0.230. The van der Waals surface area contributed by atoms with Gasteiger partial charge in [-0.3, -0.25) is 0 Å². The molecule has 0 aliphatic heterocycles. The van der Waals surface area contributed by atoms with Crippen molar-refractivity contribution in [2.75, 3.05) is 0 Å². The number of carbonyl (C=O) groups excluding carboxylic acids is 1. The number of benzene rings is 1. The van der Waals surface area contributed by atoms with Gasteiger partial charge in [-0.15, -0.1) is 10.2 Å². The van der Waals surface area contributed by atoms with Crippen molar-refractivity contribution in [2.24, 2.45) is 0 Å². The van der Waals surface area contributed by atoms with Gasteiger partial charge in [0.1, 0.15) is 6.54 Å². The molecule has 1 heterocycles. The third-order valence-corrected chi connectivity index (χ3v) is 3.47. The predicted molar refractivity (Wildman–Crippen MR) is 74.6 cm³/mol. The summed E-state index contributed by atoms with van der Waals surface area (Å²) in [5.74, 6) is 0. The molecule has 1 aromatic carbocycles. The molecule has 0 unspecified atom stereocenters. The molecule has 1 aliphatic rings. The van der Waals surface area contributed by atoms with Gasteiger partial charge in [-0.25, -0.2) is 4.79 Å². The molecule has 2 aromatic rings. The van der Waals surface area contributed by atoms with Crippen LogP contribution in [-0.2, 0) is 11.3 Å². The smallest absolute Gasteiger partial charge is 0.408 e. The highest BCUT2D eigenvalue weighted by molar-refractivity contribution is 6.31. The Kier molecular flexibility index (Phi) is 4.01. The summed E-state index contributed by atoms with van der Waals surface area (Å²) in [6.07, 6.45) is 2.29. The standard InChI is InChI=1S/C13H14ClN5O2/c14-11-4-2-1-3-10(11)12(7-19-16-8-15-18-19)21-13(20)17-9-5-6-9/h1-4,8-9,12H,5-7H2,(H,17,20)/t12-/m0/s1. The Labute approximate surface area is 126 Å². The summed E-state index contributed by atoms with van der Waals surface area (Å²) < 4.78 is 5.48. The number of hydrogen-bond donors (Lipinski definition) is 1. The Balaban J connectivity index is 1.76. The fourth-order valence-corrected chi connectivity index (χ4v) is 2.17. The van der Waals surface area contributed by atoms with Crippen molar-refractivity contribution in [1.82, 2.24) is 25.5 Å². The van der Waals surface area contributed by atoms with Gasteiger partial charge in [0, 0.05) is 16.6 Å². The monoisotopic (exact) mass is 307 g/mol. The molecule has 1 saturated carbocycles. The lowest BCUT2D eigenvalue weighted by Crippen LogP contribution is -2.29. The Bertz CT molecular complexity index is 615. The SMILES string of the molecule is O=C(NC1CC1)O[C@@H](Cn1ncnn1)c1ccccc1Cl. The van der Waals surface area contributed by atoms with Gasteiger partial charge in [-0.2, -0.15) is 4.80 Å². The lowest BCUT2D eigenvalue weighted by molar-refractivity contribution is 0.0817. The number of halogens is 1. The van der Waals surface area contributed by atoms with Gasteiger partial charge in [0.05, 0.1) is 0 Å². The normalized spacial score (nSPS) is 15.5. The van der Waals surface area contributed by atoms with Gasteiger partial charge < -0.3 is 10.1 Å². The summed E-state index contributed by atoms with van der Waals surface area (Å²) in [6, 6.07) is 7.45. The van der Waals surface area contributed by atoms with Crippen molar-refractivity contribution >= 4 is 17.7 Å². The van der Waals surface area contributed by atoms with Gasteiger partial charge in [-0.05, 0) is 24.1 Å². The van der Waals surface area contributed by atoms with Crippen molar-refractivity contribution in [3.8, 4) is 0 Å². The number of tetrazole rings is 1. The van der Waals surface area contributed by atoms with E-state index in [0.29, 0.717) is 10.6 Å². The molecule has 0 bridgehead atoms. The molecule has 3 rings (SSSR count). The van der Waals surface area contributed by atoms with Gasteiger partial charge in [-0.1, -0.05) is 29.8 Å². The second-order valence-corrected chi connectivity index (χ2v) is 5.23. The Morgan fingerprint density at radius 2 is 2.29 bits per heavy atom. The van der Waals surface area contributed by atoms with Gasteiger partial charge in [0.25, 0.3) is 0 Å². The fourth-order valence-electron chi connectivity index (χ4n) is 1.91. The summed E-state index contributed by atoms with van der Waals surface area (Å²) in [5, 5.41) is 14.7. The Morgan fingerprint density at radius 3 is 2.95 bits per heavy atom. The number of amides is 1. The average Bonchev–Trinajstić information content (AvgIpc) is 3.12. The zero-order valence-corrected chi connectivity index (χ0v) is 11.9. The third kappa shape index (κ3) is 3.69. The highest BCUT2D eigenvalue weighted by Crippen LogP contribution is 2.27. The summed E-state index contributed by atoms with van der Waals surface area (Å²) in [5.41, 5.74) is 0.711. The zero-order valence-electron chi connectivity index (χ0n) is 11.1. The van der Waals surface area contributed by atoms with Crippen molar-refractivity contribution < 1.29 is 9.53 Å². The number of alkyl carbamates (subject to hydrolysis) is 1. The maximum atomic E-state index is 11.9. The molecular weight excluding hydrogens is 294 g/mol. The minimum atomic E-state index is -0.577. The van der Waals surface area contributed by atoms with Crippen molar-refractivity contribution in [3.05, 3.63) is 41.2 Å². The molecule has 1 fully saturated rings. The van der Waals surface area contributed by atoms with E-state index in [1.165, 1.54) is 11.1 Å². The lowest BCUT2D eigenvalue weighted by Gasteiger charge is -2.18. The van der Waals surface area contributed by atoms with E-state index in [9.17, 15) is 4.79 Å². The zero-order chi connectivity index (χ0) is 14.7. The molecule has 0 spiro atoms. The minimum Gasteiger partial charge on any atom is -0.439 e. The molecule has 110 valence electrons. The molecule has 1 N–H and O–H groups in total. The number of nitrogens with zero attached hydrogens (tertiary/aromatic N) is 4. The maximum absolute atomic E-state index is 11.9. The number of aromatic nitrogens is 4. The van der Waals surface area contributed by atoms with E-state index in [4.69, 9.17) is 16.3 Å². The van der Waals surface area contributed by atoms with Crippen LogP contribution in [0.2, 0.25) is 5.02 Å². The molecule has 0 radical (unpaired) electrons. The highest BCUT2D eigenvalue weighted by Gasteiger charge is 2.27. The van der Waals surface area contributed by atoms with E-state index in [1.807, 2.05) is 18.2 Å². The largest absolute Gasteiger partial charge is 0.439 e. The van der Waals surface area contributed by atoms with E-state index in [0.717, 1.165) is 12.8 Å². The number of nitrogens with one attached hydrogen (secondary N) is 1. The molecule has 21 heavy (non-hydrogen) atoms. The molecule has 1 atom stereocenters. The van der Waals surface area contributed by atoms with Crippen LogP contribution in [0.25, 0.3) is 0 Å². The fraction of sp³-hybridized carbons (Fsp3) is 0.385. The molecule has 1 aliphatic carbocycles. The topological polar surface area (TPSA) is 81.9 Å². The van der Waals surface area contributed by atoms with E-state index in [-0.39, 0.29) is 12.6 Å². The second-order valence-electron chi connectivity index (χ2n) is 4.82. The van der Waals surface area contributed by atoms with E-state index < -0.39 is 12.2 Å². The average molecular weight is 308 g/mol. The van der Waals surface area contributed by atoms with Crippen LogP contribution < -0.4 is 5.32 Å². The van der Waals surface area contributed by atoms with E-state index in [1.54, 1.807) is 6.07 Å². The van der Waals surface area contributed by atoms with Gasteiger partial charge in [0.2, 0.25) is 0 Å². The van der Waals surface area contributed by atoms with Crippen LogP contribution in [0.15, 0.2) is 30.6 Å². The first-order valence-electron chi connectivity index (χ1n) is 6.65. The second kappa shape index (κ2) is 6.09. The first kappa shape index (κ1) is 13.8. The van der Waals surface area contributed by atoms with Crippen LogP contribution in [0.3, 0.4) is 0 Å². The summed E-state index contributed by atoms with van der Waals surface area (Å²) in [6.45, 7) is 0.252. The van der Waals surface area contributed by atoms with E-state index in [2.05, 4.69) is 20.7 Å². The number of hydrogen-bond acceptors (Lipinski definition) is 5. The molecular formula is C13H14ClN5O2. The molecule has 1 aromatic heterocycles. The molecule has 7 nitrogen and oxygen atoms in total. The van der Waals surface area contributed by atoms with E-state index >= 15 is 0 Å². The van der Waals surface area contributed by atoms with Crippen LogP contribution in [0.4, 0.5) is 4.79 Å². The first-order chi connectivity index (χ1) is 10.2. The maximum Gasteiger partial charge on any atom is 0.408 e. The molecule has 0 saturated heterocycles. The Hall–Kier alpha value is -2.15. The molecule has 8 heteroatoms. The van der Waals surface area contributed by atoms with Crippen LogP contribution in [0.5, 0.6) is 0 Å². The van der Waals surface area contributed by atoms with Crippen molar-refractivity contribution in [2.45, 2.75) is 31.5 Å². The summed E-state index contributed by atoms with van der Waals surface area (Å²) in [7, 11) is 0. The summed E-state index contributed by atoms with van der Waals surface area (Å²) in [4.78, 5) is 13.2. The Morgan fingerprint density at radius 1 is 1.48 bits per heavy atom. The lowest BCUT2D eigenvalue weighted by atomic mass is 10.1. The molecule has 1 amide bonds. The van der Waals surface area contributed by atoms with Crippen LogP contribution >= 0.6 is 11.6 Å². The van der Waals surface area contributed by atoms with Crippen LogP contribution in [0, 0.1) is 0 Å². The van der Waals surface area contributed by atoms with Crippen LogP contribution in [0.1, 0.15) is 24.5 Å². The third-order valence-electron chi connectivity index (χ3n) is 3.12. The highest BCUT2D eigenvalue weighted by atomic mass is 35.5.